The molecule has 0 radical (unpaired) electrons. The van der Waals surface area contributed by atoms with Gasteiger partial charge < -0.3 is 13.9 Å². The van der Waals surface area contributed by atoms with Crippen molar-refractivity contribution in [3.05, 3.63) is 60.7 Å². The van der Waals surface area contributed by atoms with Gasteiger partial charge in [0, 0.05) is 11.1 Å². The largest absolute Gasteiger partial charge is 0.497 e. The minimum atomic E-state index is 0.812. The molecule has 1 heterocycles. The lowest BCUT2D eigenvalue weighted by Gasteiger charge is -2.03. The third-order valence-electron chi connectivity index (χ3n) is 3.31. The fraction of sp³-hybridized carbons (Fsp3) is 0.111. The van der Waals surface area contributed by atoms with Crippen LogP contribution in [-0.2, 0) is 0 Å². The number of furan rings is 1. The highest BCUT2D eigenvalue weighted by atomic mass is 16.5. The average molecular weight is 280 g/mol. The van der Waals surface area contributed by atoms with E-state index in [0.29, 0.717) is 0 Å². The Bertz CT molecular complexity index is 681. The van der Waals surface area contributed by atoms with Crippen molar-refractivity contribution in [3.8, 4) is 34.1 Å². The molecular formula is C18H16O3. The number of hydrogen-bond acceptors (Lipinski definition) is 3. The molecule has 21 heavy (non-hydrogen) atoms. The van der Waals surface area contributed by atoms with E-state index in [9.17, 15) is 0 Å². The molecule has 0 fully saturated rings. The maximum Gasteiger partial charge on any atom is 0.134 e. The molecule has 106 valence electrons. The van der Waals surface area contributed by atoms with Crippen molar-refractivity contribution in [2.75, 3.05) is 14.2 Å². The third kappa shape index (κ3) is 2.77. The second-order valence-electron chi connectivity index (χ2n) is 4.63. The zero-order chi connectivity index (χ0) is 14.7. The van der Waals surface area contributed by atoms with Crippen LogP contribution in [-0.4, -0.2) is 14.2 Å². The lowest BCUT2D eigenvalue weighted by atomic mass is 10.1. The number of benzene rings is 2. The average Bonchev–Trinajstić information content (AvgIpc) is 3.05. The SMILES string of the molecule is COc1cccc(-c2ccc(-c3cccc(OC)c3)o2)c1. The second-order valence-corrected chi connectivity index (χ2v) is 4.63. The zero-order valence-electron chi connectivity index (χ0n) is 12.0. The molecular weight excluding hydrogens is 264 g/mol. The summed E-state index contributed by atoms with van der Waals surface area (Å²) in [4.78, 5) is 0. The molecule has 0 spiro atoms. The summed E-state index contributed by atoms with van der Waals surface area (Å²) in [6, 6.07) is 19.5. The van der Waals surface area contributed by atoms with Crippen molar-refractivity contribution in [1.29, 1.82) is 0 Å². The minimum absolute atomic E-state index is 0.812. The first-order chi connectivity index (χ1) is 10.3. The first kappa shape index (κ1) is 13.3. The van der Waals surface area contributed by atoms with E-state index in [2.05, 4.69) is 0 Å². The first-order valence-electron chi connectivity index (χ1n) is 6.69. The summed E-state index contributed by atoms with van der Waals surface area (Å²) in [5.41, 5.74) is 1.98. The van der Waals surface area contributed by atoms with Crippen molar-refractivity contribution < 1.29 is 13.9 Å². The molecule has 0 N–H and O–H groups in total. The molecule has 0 unspecified atom stereocenters. The van der Waals surface area contributed by atoms with E-state index in [1.165, 1.54) is 0 Å². The Hall–Kier alpha value is -2.68. The highest BCUT2D eigenvalue weighted by molar-refractivity contribution is 5.66. The Morgan fingerprint density at radius 2 is 1.14 bits per heavy atom. The Labute approximate surface area is 123 Å². The summed E-state index contributed by atoms with van der Waals surface area (Å²) in [6.45, 7) is 0. The molecule has 0 atom stereocenters. The van der Waals surface area contributed by atoms with Crippen molar-refractivity contribution in [3.63, 3.8) is 0 Å². The normalized spacial score (nSPS) is 10.4. The highest BCUT2D eigenvalue weighted by Crippen LogP contribution is 2.31. The van der Waals surface area contributed by atoms with E-state index in [0.717, 1.165) is 34.1 Å². The Morgan fingerprint density at radius 3 is 1.57 bits per heavy atom. The molecule has 3 nitrogen and oxygen atoms in total. The van der Waals surface area contributed by atoms with Crippen LogP contribution in [0.15, 0.2) is 65.1 Å². The van der Waals surface area contributed by atoms with Crippen molar-refractivity contribution >= 4 is 0 Å². The van der Waals surface area contributed by atoms with Crippen LogP contribution in [0.1, 0.15) is 0 Å². The minimum Gasteiger partial charge on any atom is -0.497 e. The maximum absolute atomic E-state index is 5.94. The molecule has 0 aliphatic rings. The summed E-state index contributed by atoms with van der Waals surface area (Å²) in [7, 11) is 3.31. The summed E-state index contributed by atoms with van der Waals surface area (Å²) in [5.74, 6) is 3.25. The van der Waals surface area contributed by atoms with Crippen LogP contribution < -0.4 is 9.47 Å². The predicted octanol–water partition coefficient (Wildman–Crippen LogP) is 4.63. The summed E-state index contributed by atoms with van der Waals surface area (Å²) in [6.07, 6.45) is 0. The number of rotatable bonds is 4. The topological polar surface area (TPSA) is 31.6 Å². The van der Waals surface area contributed by atoms with Gasteiger partial charge in [0.2, 0.25) is 0 Å². The summed E-state index contributed by atoms with van der Waals surface area (Å²) in [5, 5.41) is 0. The molecule has 0 bridgehead atoms. The lowest BCUT2D eigenvalue weighted by Crippen LogP contribution is -1.83. The van der Waals surface area contributed by atoms with Crippen molar-refractivity contribution in [2.24, 2.45) is 0 Å². The van der Waals surface area contributed by atoms with E-state index in [-0.39, 0.29) is 0 Å². The first-order valence-corrected chi connectivity index (χ1v) is 6.69. The number of hydrogen-bond donors (Lipinski definition) is 0. The van der Waals surface area contributed by atoms with Gasteiger partial charge in [-0.05, 0) is 36.4 Å². The van der Waals surface area contributed by atoms with Crippen LogP contribution in [0.3, 0.4) is 0 Å². The molecule has 0 aliphatic heterocycles. The smallest absolute Gasteiger partial charge is 0.134 e. The molecule has 3 aromatic rings. The summed E-state index contributed by atoms with van der Waals surface area (Å²) < 4.78 is 16.4. The van der Waals surface area contributed by atoms with Gasteiger partial charge in [0.1, 0.15) is 23.0 Å². The molecule has 3 heteroatoms. The zero-order valence-corrected chi connectivity index (χ0v) is 12.0. The molecule has 0 amide bonds. The van der Waals surface area contributed by atoms with E-state index in [4.69, 9.17) is 13.9 Å². The lowest BCUT2D eigenvalue weighted by molar-refractivity contribution is 0.414. The monoisotopic (exact) mass is 280 g/mol. The van der Waals surface area contributed by atoms with Gasteiger partial charge >= 0.3 is 0 Å². The maximum atomic E-state index is 5.94. The Morgan fingerprint density at radius 1 is 0.667 bits per heavy atom. The van der Waals surface area contributed by atoms with E-state index < -0.39 is 0 Å². The van der Waals surface area contributed by atoms with Crippen LogP contribution in [0.4, 0.5) is 0 Å². The van der Waals surface area contributed by atoms with Gasteiger partial charge in [0.25, 0.3) is 0 Å². The number of methoxy groups -OCH3 is 2. The van der Waals surface area contributed by atoms with Crippen LogP contribution >= 0.6 is 0 Å². The van der Waals surface area contributed by atoms with Crippen LogP contribution in [0.2, 0.25) is 0 Å². The van der Waals surface area contributed by atoms with Gasteiger partial charge in [-0.3, -0.25) is 0 Å². The molecule has 1 aromatic heterocycles. The Balaban J connectivity index is 1.95. The molecule has 0 saturated carbocycles. The van der Waals surface area contributed by atoms with Gasteiger partial charge in [-0.15, -0.1) is 0 Å². The van der Waals surface area contributed by atoms with Gasteiger partial charge in [-0.2, -0.15) is 0 Å². The second kappa shape index (κ2) is 5.75. The van der Waals surface area contributed by atoms with Crippen molar-refractivity contribution in [2.45, 2.75) is 0 Å². The van der Waals surface area contributed by atoms with Crippen LogP contribution in [0.25, 0.3) is 22.6 Å². The third-order valence-corrected chi connectivity index (χ3v) is 3.31. The number of ether oxygens (including phenoxy) is 2. The molecule has 0 saturated heterocycles. The van der Waals surface area contributed by atoms with E-state index >= 15 is 0 Å². The Kier molecular flexibility index (Phi) is 3.65. The highest BCUT2D eigenvalue weighted by Gasteiger charge is 2.08. The predicted molar refractivity (Wildman–Crippen MR) is 82.7 cm³/mol. The summed E-state index contributed by atoms with van der Waals surface area (Å²) >= 11 is 0. The standard InChI is InChI=1S/C18H16O3/c1-19-15-7-3-5-13(11-15)17-9-10-18(21-17)14-6-4-8-16(12-14)20-2/h3-12H,1-2H3. The quantitative estimate of drug-likeness (QED) is 0.698. The fourth-order valence-electron chi connectivity index (χ4n) is 2.20. The molecule has 0 aliphatic carbocycles. The van der Waals surface area contributed by atoms with Crippen LogP contribution in [0.5, 0.6) is 11.5 Å². The fourth-order valence-corrected chi connectivity index (χ4v) is 2.20. The van der Waals surface area contributed by atoms with Gasteiger partial charge in [-0.1, -0.05) is 24.3 Å². The van der Waals surface area contributed by atoms with E-state index in [1.54, 1.807) is 14.2 Å². The molecule has 2 aromatic carbocycles. The van der Waals surface area contributed by atoms with Gasteiger partial charge in [0.05, 0.1) is 14.2 Å². The van der Waals surface area contributed by atoms with E-state index in [1.807, 2.05) is 60.7 Å². The van der Waals surface area contributed by atoms with Gasteiger partial charge in [-0.25, -0.2) is 0 Å². The van der Waals surface area contributed by atoms with Crippen LogP contribution in [0, 0.1) is 0 Å². The molecule has 3 rings (SSSR count). The van der Waals surface area contributed by atoms with Gasteiger partial charge in [0.15, 0.2) is 0 Å². The van der Waals surface area contributed by atoms with Crippen molar-refractivity contribution in [1.82, 2.24) is 0 Å².